The largest absolute Gasteiger partial charge is 0.387 e. The molecular weight excluding hydrogens is 506 g/mol. The van der Waals surface area contributed by atoms with Gasteiger partial charge in [0.1, 0.15) is 0 Å². The Morgan fingerprint density at radius 1 is 1.21 bits per heavy atom. The van der Waals surface area contributed by atoms with E-state index in [1.807, 2.05) is 28.6 Å². The number of aryl methyl sites for hydroxylation is 1. The molecule has 1 N–H and O–H groups in total. The monoisotopic (exact) mass is 535 g/mol. The highest BCUT2D eigenvalue weighted by Crippen LogP contribution is 2.36. The van der Waals surface area contributed by atoms with Crippen LogP contribution in [0.2, 0.25) is 0 Å². The number of nitrogens with one attached hydrogen (secondary N) is 1. The number of benzene rings is 1. The Morgan fingerprint density at radius 2 is 2.03 bits per heavy atom. The van der Waals surface area contributed by atoms with Crippen LogP contribution >= 0.6 is 27.3 Å². The van der Waals surface area contributed by atoms with Gasteiger partial charge in [-0.1, -0.05) is 36.4 Å². The molecule has 1 unspecified atom stereocenters. The van der Waals surface area contributed by atoms with E-state index >= 15 is 0 Å². The number of amides is 1. The number of carbonyl (C=O) groups excluding carboxylic acids is 1. The zero-order chi connectivity index (χ0) is 23.5. The quantitative estimate of drug-likeness (QED) is 0.493. The number of halogens is 1. The van der Waals surface area contributed by atoms with Gasteiger partial charge in [0.2, 0.25) is 0 Å². The van der Waals surface area contributed by atoms with Crippen LogP contribution < -0.4 is 5.32 Å². The lowest BCUT2D eigenvalue weighted by atomic mass is 9.91. The van der Waals surface area contributed by atoms with Crippen LogP contribution in [0.1, 0.15) is 40.1 Å². The van der Waals surface area contributed by atoms with E-state index in [4.69, 9.17) is 0 Å². The Hall–Kier alpha value is -2.44. The number of allylic oxidation sites excluding steroid dienone is 4. The van der Waals surface area contributed by atoms with Gasteiger partial charge in [-0.3, -0.25) is 9.79 Å². The number of rotatable bonds is 5. The SMILES string of the molecule is Cc1ccccc1C1=CCC2=C(Br)C=NCC2C(NCC2CCN(C(=O)c3cccs3)CC2)=C1. The molecule has 176 valence electrons. The Kier molecular flexibility index (Phi) is 7.16. The summed E-state index contributed by atoms with van der Waals surface area (Å²) in [6.07, 6.45) is 9.65. The number of carbonyl (C=O) groups is 1. The van der Waals surface area contributed by atoms with Crippen molar-refractivity contribution in [3.8, 4) is 0 Å². The number of aliphatic imine (C=N–C) groups is 1. The van der Waals surface area contributed by atoms with Crippen LogP contribution in [0.5, 0.6) is 0 Å². The molecule has 0 saturated carbocycles. The third-order valence-electron chi connectivity index (χ3n) is 7.13. The average molecular weight is 537 g/mol. The maximum atomic E-state index is 12.7. The number of hydrogen-bond donors (Lipinski definition) is 1. The summed E-state index contributed by atoms with van der Waals surface area (Å²) < 4.78 is 1.11. The van der Waals surface area contributed by atoms with Crippen molar-refractivity contribution >= 4 is 45.0 Å². The van der Waals surface area contributed by atoms with Crippen molar-refractivity contribution < 1.29 is 4.79 Å². The summed E-state index contributed by atoms with van der Waals surface area (Å²) in [7, 11) is 0. The van der Waals surface area contributed by atoms with Crippen molar-refractivity contribution in [1.29, 1.82) is 0 Å². The molecule has 6 heteroatoms. The first-order valence-corrected chi connectivity index (χ1v) is 13.7. The minimum Gasteiger partial charge on any atom is -0.387 e. The lowest BCUT2D eigenvalue weighted by Gasteiger charge is -2.33. The van der Waals surface area contributed by atoms with Crippen LogP contribution in [0, 0.1) is 18.8 Å². The molecule has 1 aromatic carbocycles. The molecule has 1 atom stereocenters. The van der Waals surface area contributed by atoms with E-state index in [9.17, 15) is 4.79 Å². The molecule has 34 heavy (non-hydrogen) atoms. The smallest absolute Gasteiger partial charge is 0.263 e. The van der Waals surface area contributed by atoms with Crippen molar-refractivity contribution in [2.24, 2.45) is 16.8 Å². The van der Waals surface area contributed by atoms with Gasteiger partial charge < -0.3 is 10.2 Å². The summed E-state index contributed by atoms with van der Waals surface area (Å²) in [6.45, 7) is 5.56. The molecule has 1 amide bonds. The number of piperidine rings is 1. The molecule has 3 heterocycles. The van der Waals surface area contributed by atoms with Gasteiger partial charge in [0.15, 0.2) is 0 Å². The number of dihydropyridines is 1. The average Bonchev–Trinajstić information content (AvgIpc) is 3.33. The maximum Gasteiger partial charge on any atom is 0.263 e. The highest BCUT2D eigenvalue weighted by atomic mass is 79.9. The normalized spacial score (nSPS) is 21.0. The Labute approximate surface area is 214 Å². The fourth-order valence-electron chi connectivity index (χ4n) is 5.09. The van der Waals surface area contributed by atoms with Gasteiger partial charge in [-0.05, 0) is 87.8 Å². The summed E-state index contributed by atoms with van der Waals surface area (Å²) in [4.78, 5) is 20.2. The summed E-state index contributed by atoms with van der Waals surface area (Å²) >= 11 is 5.29. The zero-order valence-electron chi connectivity index (χ0n) is 19.5. The van der Waals surface area contributed by atoms with Gasteiger partial charge in [0, 0.05) is 41.9 Å². The van der Waals surface area contributed by atoms with Crippen molar-refractivity contribution in [2.45, 2.75) is 26.2 Å². The van der Waals surface area contributed by atoms with Crippen LogP contribution in [0.3, 0.4) is 0 Å². The second kappa shape index (κ2) is 10.4. The number of fused-ring (bicyclic) bond motifs is 1. The Morgan fingerprint density at radius 3 is 2.79 bits per heavy atom. The molecule has 0 spiro atoms. The van der Waals surface area contributed by atoms with E-state index in [1.165, 1.54) is 39.3 Å². The molecule has 0 radical (unpaired) electrons. The summed E-state index contributed by atoms with van der Waals surface area (Å²) in [5.74, 6) is 1.02. The van der Waals surface area contributed by atoms with Gasteiger partial charge in [0.05, 0.1) is 11.4 Å². The van der Waals surface area contributed by atoms with Crippen LogP contribution in [-0.4, -0.2) is 43.2 Å². The molecule has 1 aromatic heterocycles. The number of nitrogens with zero attached hydrogens (tertiary/aromatic N) is 2. The van der Waals surface area contributed by atoms with E-state index in [2.05, 4.69) is 69.6 Å². The van der Waals surface area contributed by atoms with Crippen LogP contribution in [0.15, 0.2) is 74.7 Å². The number of likely N-dealkylation sites (tertiary alicyclic amines) is 1. The Balaban J connectivity index is 1.29. The fraction of sp³-hybridized carbons (Fsp3) is 0.357. The van der Waals surface area contributed by atoms with Crippen molar-refractivity contribution in [1.82, 2.24) is 10.2 Å². The zero-order valence-corrected chi connectivity index (χ0v) is 21.9. The predicted octanol–water partition coefficient (Wildman–Crippen LogP) is 6.22. The molecule has 3 aliphatic rings. The fourth-order valence-corrected chi connectivity index (χ4v) is 6.36. The van der Waals surface area contributed by atoms with E-state index in [0.29, 0.717) is 5.92 Å². The van der Waals surface area contributed by atoms with Crippen LogP contribution in [-0.2, 0) is 0 Å². The first kappa shape index (κ1) is 23.3. The summed E-state index contributed by atoms with van der Waals surface area (Å²) in [5, 5.41) is 5.80. The van der Waals surface area contributed by atoms with E-state index in [1.54, 1.807) is 0 Å². The molecule has 2 aromatic rings. The predicted molar refractivity (Wildman–Crippen MR) is 146 cm³/mol. The standard InChI is InChI=1S/C28H30BrN3OS/c1-19-5-2-3-6-22(19)21-8-9-23-24(17-30-18-25(23)29)26(15-21)31-16-20-10-12-32(13-11-20)28(33)27-7-4-14-34-27/h2-8,14-15,18,20,24,31H,9-13,16-17H2,1H3. The molecule has 5 rings (SSSR count). The lowest BCUT2D eigenvalue weighted by molar-refractivity contribution is 0.0695. The molecule has 2 aliphatic heterocycles. The van der Waals surface area contributed by atoms with E-state index < -0.39 is 0 Å². The van der Waals surface area contributed by atoms with Gasteiger partial charge in [-0.25, -0.2) is 0 Å². The van der Waals surface area contributed by atoms with E-state index in [-0.39, 0.29) is 11.8 Å². The minimum atomic E-state index is 0.181. The maximum absolute atomic E-state index is 12.7. The van der Waals surface area contributed by atoms with Crippen molar-refractivity contribution in [2.75, 3.05) is 26.2 Å². The second-order valence-electron chi connectivity index (χ2n) is 9.29. The Bertz CT molecular complexity index is 1170. The van der Waals surface area contributed by atoms with Gasteiger partial charge in [0.25, 0.3) is 5.91 Å². The lowest BCUT2D eigenvalue weighted by Crippen LogP contribution is -2.41. The molecule has 1 saturated heterocycles. The molecular formula is C28H30BrN3OS. The topological polar surface area (TPSA) is 44.7 Å². The number of hydrogen-bond acceptors (Lipinski definition) is 4. The summed E-state index contributed by atoms with van der Waals surface area (Å²) in [5.41, 5.74) is 6.51. The highest BCUT2D eigenvalue weighted by molar-refractivity contribution is 9.12. The van der Waals surface area contributed by atoms with Crippen LogP contribution in [0.4, 0.5) is 0 Å². The molecule has 1 fully saturated rings. The van der Waals surface area contributed by atoms with Gasteiger partial charge >= 0.3 is 0 Å². The first-order valence-electron chi connectivity index (χ1n) is 12.0. The first-order chi connectivity index (χ1) is 16.6. The highest BCUT2D eigenvalue weighted by Gasteiger charge is 2.28. The van der Waals surface area contributed by atoms with Crippen molar-refractivity contribution in [3.63, 3.8) is 0 Å². The third kappa shape index (κ3) is 4.98. The minimum absolute atomic E-state index is 0.181. The van der Waals surface area contributed by atoms with Gasteiger partial charge in [-0.15, -0.1) is 11.3 Å². The molecule has 4 nitrogen and oxygen atoms in total. The third-order valence-corrected chi connectivity index (χ3v) is 8.70. The number of thiophene rings is 1. The van der Waals surface area contributed by atoms with Gasteiger partial charge in [-0.2, -0.15) is 0 Å². The van der Waals surface area contributed by atoms with E-state index in [0.717, 1.165) is 54.8 Å². The summed E-state index contributed by atoms with van der Waals surface area (Å²) in [6, 6.07) is 12.5. The molecule has 0 bridgehead atoms. The molecule has 1 aliphatic carbocycles. The van der Waals surface area contributed by atoms with Crippen LogP contribution in [0.25, 0.3) is 5.57 Å². The second-order valence-corrected chi connectivity index (χ2v) is 11.1. The van der Waals surface area contributed by atoms with Crippen molar-refractivity contribution in [3.05, 3.63) is 85.7 Å².